The van der Waals surface area contributed by atoms with E-state index in [0.29, 0.717) is 10.8 Å². The summed E-state index contributed by atoms with van der Waals surface area (Å²) in [6.45, 7) is 3.46. The lowest BCUT2D eigenvalue weighted by Crippen LogP contribution is -2.40. The molecule has 2 heterocycles. The number of benzene rings is 2. The lowest BCUT2D eigenvalue weighted by molar-refractivity contribution is -0.137. The molecule has 0 bridgehead atoms. The van der Waals surface area contributed by atoms with Crippen molar-refractivity contribution in [3.8, 4) is 5.69 Å². The molecule has 0 fully saturated rings. The second kappa shape index (κ2) is 6.58. The van der Waals surface area contributed by atoms with Crippen molar-refractivity contribution in [2.45, 2.75) is 26.1 Å². The quantitative estimate of drug-likeness (QED) is 0.505. The lowest BCUT2D eigenvalue weighted by Gasteiger charge is -2.18. The first kappa shape index (κ1) is 18.9. The Kier molecular flexibility index (Phi) is 4.29. The summed E-state index contributed by atoms with van der Waals surface area (Å²) in [6, 6.07) is 9.52. The Balaban J connectivity index is 2.20. The monoisotopic (exact) mass is 399 g/mol. The maximum Gasteiger partial charge on any atom is 0.416 e. The van der Waals surface area contributed by atoms with Crippen LogP contribution >= 0.6 is 0 Å². The molecule has 0 atom stereocenters. The summed E-state index contributed by atoms with van der Waals surface area (Å²) in [7, 11) is 0. The predicted molar refractivity (Wildman–Crippen MR) is 104 cm³/mol. The molecule has 4 rings (SSSR count). The van der Waals surface area contributed by atoms with Crippen LogP contribution in [0.25, 0.3) is 27.4 Å². The van der Waals surface area contributed by atoms with Crippen LogP contribution in [0.1, 0.15) is 25.5 Å². The van der Waals surface area contributed by atoms with Crippen LogP contribution in [0.5, 0.6) is 0 Å². The fourth-order valence-corrected chi connectivity index (χ4v) is 3.50. The molecule has 2 aromatic heterocycles. The first-order valence-electron chi connectivity index (χ1n) is 8.92. The molecular formula is C21H16F3N3O2. The number of fused-ring (bicyclic) bond motifs is 2. The molecule has 148 valence electrons. The maximum absolute atomic E-state index is 13.2. The van der Waals surface area contributed by atoms with Gasteiger partial charge in [-0.2, -0.15) is 13.2 Å². The topological polar surface area (TPSA) is 56.9 Å². The molecule has 2 aromatic carbocycles. The molecule has 4 aromatic rings. The first-order valence-corrected chi connectivity index (χ1v) is 8.92. The number of halogens is 3. The zero-order chi connectivity index (χ0) is 20.9. The van der Waals surface area contributed by atoms with Gasteiger partial charge >= 0.3 is 11.9 Å². The third-order valence-electron chi connectivity index (χ3n) is 4.82. The zero-order valence-electron chi connectivity index (χ0n) is 15.6. The van der Waals surface area contributed by atoms with Crippen LogP contribution in [-0.4, -0.2) is 14.1 Å². The van der Waals surface area contributed by atoms with Gasteiger partial charge in [0.2, 0.25) is 0 Å². The van der Waals surface area contributed by atoms with Gasteiger partial charge in [0.1, 0.15) is 0 Å². The van der Waals surface area contributed by atoms with E-state index in [0.717, 1.165) is 16.7 Å². The van der Waals surface area contributed by atoms with E-state index in [4.69, 9.17) is 0 Å². The molecule has 0 N–H and O–H groups in total. The molecular weight excluding hydrogens is 383 g/mol. The molecule has 0 aliphatic carbocycles. The number of nitrogens with zero attached hydrogens (tertiary/aromatic N) is 3. The van der Waals surface area contributed by atoms with Crippen LogP contribution in [0.15, 0.2) is 64.4 Å². The molecule has 0 amide bonds. The van der Waals surface area contributed by atoms with E-state index in [1.54, 1.807) is 44.3 Å². The number of pyridine rings is 1. The molecule has 0 unspecified atom stereocenters. The van der Waals surface area contributed by atoms with Gasteiger partial charge in [0.15, 0.2) is 0 Å². The van der Waals surface area contributed by atoms with E-state index in [9.17, 15) is 22.8 Å². The lowest BCUT2D eigenvalue weighted by atomic mass is 10.1. The van der Waals surface area contributed by atoms with Crippen LogP contribution in [0.3, 0.4) is 0 Å². The number of aromatic nitrogens is 3. The van der Waals surface area contributed by atoms with Gasteiger partial charge in [0.25, 0.3) is 5.56 Å². The van der Waals surface area contributed by atoms with Crippen LogP contribution in [0, 0.1) is 0 Å². The number of rotatable bonds is 2. The highest BCUT2D eigenvalue weighted by molar-refractivity contribution is 5.89. The Bertz CT molecular complexity index is 1360. The summed E-state index contributed by atoms with van der Waals surface area (Å²) in [6.07, 6.45) is -1.64. The van der Waals surface area contributed by atoms with Crippen molar-refractivity contribution < 1.29 is 13.2 Å². The van der Waals surface area contributed by atoms with Gasteiger partial charge in [-0.1, -0.05) is 24.3 Å². The summed E-state index contributed by atoms with van der Waals surface area (Å²) in [5.74, 6) is 0. The number of hydrogen-bond donors (Lipinski definition) is 0. The normalized spacial score (nSPS) is 12.2. The van der Waals surface area contributed by atoms with Gasteiger partial charge in [-0.25, -0.2) is 9.36 Å². The molecule has 0 radical (unpaired) electrons. The molecule has 29 heavy (non-hydrogen) atoms. The summed E-state index contributed by atoms with van der Waals surface area (Å²) in [5.41, 5.74) is -2.00. The van der Waals surface area contributed by atoms with Crippen molar-refractivity contribution in [1.82, 2.24) is 14.1 Å². The standard InChI is InChI=1S/C21H16F3N3O2/c1-12(2)26-17-8-7-14(21(22,23)24)9-16(17)19(28)27(20(26)29)18-11-25-10-13-5-3-4-6-15(13)18/h3-12H,1-2H3. The highest BCUT2D eigenvalue weighted by Gasteiger charge is 2.31. The summed E-state index contributed by atoms with van der Waals surface area (Å²) in [4.78, 5) is 30.5. The number of hydrogen-bond acceptors (Lipinski definition) is 3. The first-order chi connectivity index (χ1) is 13.7. The van der Waals surface area contributed by atoms with Crippen molar-refractivity contribution in [3.63, 3.8) is 0 Å². The van der Waals surface area contributed by atoms with Crippen LogP contribution < -0.4 is 11.2 Å². The smallest absolute Gasteiger partial charge is 0.290 e. The van der Waals surface area contributed by atoms with Crippen molar-refractivity contribution in [3.05, 3.63) is 81.3 Å². The SMILES string of the molecule is CC(C)n1c(=O)n(-c2cncc3ccccc23)c(=O)c2cc(C(F)(F)F)ccc21. The zero-order valence-corrected chi connectivity index (χ0v) is 15.6. The van der Waals surface area contributed by atoms with E-state index in [1.807, 2.05) is 0 Å². The van der Waals surface area contributed by atoms with Crippen LogP contribution in [0.4, 0.5) is 13.2 Å². The Morgan fingerprint density at radius 2 is 1.69 bits per heavy atom. The minimum Gasteiger partial charge on any atom is -0.290 e. The molecule has 0 saturated carbocycles. The van der Waals surface area contributed by atoms with E-state index in [1.165, 1.54) is 16.8 Å². The van der Waals surface area contributed by atoms with E-state index >= 15 is 0 Å². The summed E-state index contributed by atoms with van der Waals surface area (Å²) < 4.78 is 41.9. The molecule has 0 aliphatic heterocycles. The van der Waals surface area contributed by atoms with Gasteiger partial charge in [0, 0.05) is 23.0 Å². The molecule has 0 aliphatic rings. The maximum atomic E-state index is 13.2. The molecule has 0 spiro atoms. The number of alkyl halides is 3. The Hall–Kier alpha value is -3.42. The summed E-state index contributed by atoms with van der Waals surface area (Å²) >= 11 is 0. The van der Waals surface area contributed by atoms with Gasteiger partial charge in [0.05, 0.1) is 28.4 Å². The predicted octanol–water partition coefficient (Wildman–Crippen LogP) is 4.30. The minimum atomic E-state index is -4.61. The Morgan fingerprint density at radius 1 is 0.966 bits per heavy atom. The largest absolute Gasteiger partial charge is 0.416 e. The highest BCUT2D eigenvalue weighted by atomic mass is 19.4. The molecule has 5 nitrogen and oxygen atoms in total. The van der Waals surface area contributed by atoms with Gasteiger partial charge in [-0.15, -0.1) is 0 Å². The molecule has 0 saturated heterocycles. The highest BCUT2D eigenvalue weighted by Crippen LogP contribution is 2.31. The van der Waals surface area contributed by atoms with Crippen LogP contribution in [-0.2, 0) is 6.18 Å². The van der Waals surface area contributed by atoms with Crippen molar-refractivity contribution in [2.24, 2.45) is 0 Å². The van der Waals surface area contributed by atoms with E-state index in [-0.39, 0.29) is 22.6 Å². The third-order valence-corrected chi connectivity index (χ3v) is 4.82. The van der Waals surface area contributed by atoms with Gasteiger partial charge < -0.3 is 0 Å². The average molecular weight is 399 g/mol. The summed E-state index contributed by atoms with van der Waals surface area (Å²) in [5, 5.41) is 1.13. The fourth-order valence-electron chi connectivity index (χ4n) is 3.50. The van der Waals surface area contributed by atoms with Crippen molar-refractivity contribution in [1.29, 1.82) is 0 Å². The molecule has 8 heteroatoms. The van der Waals surface area contributed by atoms with Crippen molar-refractivity contribution >= 4 is 21.7 Å². The second-order valence-corrected chi connectivity index (χ2v) is 7.00. The fraction of sp³-hybridized carbons (Fsp3) is 0.190. The second-order valence-electron chi connectivity index (χ2n) is 7.00. The third kappa shape index (κ3) is 3.00. The van der Waals surface area contributed by atoms with Gasteiger partial charge in [-0.3, -0.25) is 14.3 Å². The average Bonchev–Trinajstić information content (AvgIpc) is 2.67. The Labute approximate surface area is 162 Å². The van der Waals surface area contributed by atoms with Crippen LogP contribution in [0.2, 0.25) is 0 Å². The van der Waals surface area contributed by atoms with E-state index in [2.05, 4.69) is 4.98 Å². The van der Waals surface area contributed by atoms with E-state index < -0.39 is 23.0 Å². The van der Waals surface area contributed by atoms with Gasteiger partial charge in [-0.05, 0) is 32.0 Å². The van der Waals surface area contributed by atoms with Crippen molar-refractivity contribution in [2.75, 3.05) is 0 Å². The Morgan fingerprint density at radius 3 is 2.38 bits per heavy atom. The minimum absolute atomic E-state index is 0.160.